The second kappa shape index (κ2) is 12.1. The van der Waals surface area contributed by atoms with E-state index in [1.165, 1.54) is 44.6 Å². The van der Waals surface area contributed by atoms with E-state index in [1.54, 1.807) is 0 Å². The highest BCUT2D eigenvalue weighted by Crippen LogP contribution is 2.40. The van der Waals surface area contributed by atoms with Crippen LogP contribution in [0.25, 0.3) is 0 Å². The number of hydrogen-bond donors (Lipinski definition) is 0. The number of nitriles is 1. The van der Waals surface area contributed by atoms with Gasteiger partial charge in [-0.3, -0.25) is 0 Å². The Hall–Kier alpha value is -1.34. The van der Waals surface area contributed by atoms with E-state index in [0.717, 1.165) is 57.0 Å². The van der Waals surface area contributed by atoms with Crippen LogP contribution in [0.3, 0.4) is 0 Å². The van der Waals surface area contributed by atoms with Gasteiger partial charge in [0.1, 0.15) is 0 Å². The Morgan fingerprint density at radius 2 is 1.50 bits per heavy atom. The summed E-state index contributed by atoms with van der Waals surface area (Å²) >= 11 is 0. The molecule has 0 spiro atoms. The summed E-state index contributed by atoms with van der Waals surface area (Å²) in [4.78, 5) is 10.9. The van der Waals surface area contributed by atoms with Crippen LogP contribution in [0, 0.1) is 29.1 Å². The first-order valence-corrected chi connectivity index (χ1v) is 10.5. The lowest BCUT2D eigenvalue weighted by Crippen LogP contribution is -2.28. The van der Waals surface area contributed by atoms with Crippen molar-refractivity contribution in [3.63, 3.8) is 0 Å². The van der Waals surface area contributed by atoms with Gasteiger partial charge in [-0.15, -0.1) is 0 Å². The predicted octanol–water partition coefficient (Wildman–Crippen LogP) is 5.18. The van der Waals surface area contributed by atoms with Crippen molar-refractivity contribution in [2.45, 2.75) is 83.2 Å². The van der Waals surface area contributed by atoms with E-state index < -0.39 is 0 Å². The molecule has 0 unspecified atom stereocenters. The highest BCUT2D eigenvalue weighted by atomic mass is 16.5. The summed E-state index contributed by atoms with van der Waals surface area (Å²) in [5, 5.41) is 9.03. The Morgan fingerprint density at radius 1 is 0.923 bits per heavy atom. The maximum Gasteiger partial charge on any atom is 0.330 e. The van der Waals surface area contributed by atoms with E-state index in [4.69, 9.17) is 14.7 Å². The molecule has 0 aliphatic heterocycles. The van der Waals surface area contributed by atoms with Gasteiger partial charge < -0.3 is 9.47 Å². The summed E-state index contributed by atoms with van der Waals surface area (Å²) in [6.45, 7) is 4.73. The summed E-state index contributed by atoms with van der Waals surface area (Å²) in [5.74, 6) is 1.71. The number of hydrogen-bond acceptors (Lipinski definition) is 4. The quantitative estimate of drug-likeness (QED) is 0.305. The molecule has 0 saturated heterocycles. The molecule has 2 saturated carbocycles. The number of carbonyl (C=O) groups is 1. The summed E-state index contributed by atoms with van der Waals surface area (Å²) in [7, 11) is 0. The van der Waals surface area contributed by atoms with Crippen LogP contribution in [-0.4, -0.2) is 25.3 Å². The molecule has 0 radical (unpaired) electrons. The molecule has 0 bridgehead atoms. The minimum absolute atomic E-state index is 0.319. The Bertz CT molecular complexity index is 454. The Kier molecular flexibility index (Phi) is 9.77. The summed E-state index contributed by atoms with van der Waals surface area (Å²) in [6.07, 6.45) is 15.7. The van der Waals surface area contributed by atoms with Crippen LogP contribution in [-0.2, 0) is 14.3 Å². The van der Waals surface area contributed by atoms with Gasteiger partial charge in [-0.1, -0.05) is 13.0 Å². The topological polar surface area (TPSA) is 59.3 Å². The fourth-order valence-electron chi connectivity index (χ4n) is 4.49. The molecule has 146 valence electrons. The van der Waals surface area contributed by atoms with Crippen LogP contribution >= 0.6 is 0 Å². The Morgan fingerprint density at radius 3 is 2.08 bits per heavy atom. The number of esters is 1. The van der Waals surface area contributed by atoms with E-state index >= 15 is 0 Å². The molecule has 0 aromatic carbocycles. The van der Waals surface area contributed by atoms with Gasteiger partial charge in [0.2, 0.25) is 0 Å². The zero-order valence-corrected chi connectivity index (χ0v) is 16.2. The molecule has 26 heavy (non-hydrogen) atoms. The first-order valence-electron chi connectivity index (χ1n) is 10.5. The SMILES string of the molecule is C=CC(=O)OCCCCCCOC1CCC(C2CCC(C#N)CC2)CC1. The molecule has 0 aromatic heterocycles. The monoisotopic (exact) mass is 361 g/mol. The van der Waals surface area contributed by atoms with E-state index in [1.807, 2.05) is 0 Å². The number of rotatable bonds is 10. The lowest BCUT2D eigenvalue weighted by molar-refractivity contribution is -0.137. The molecular weight excluding hydrogens is 326 g/mol. The third-order valence-electron chi connectivity index (χ3n) is 6.14. The van der Waals surface area contributed by atoms with E-state index in [0.29, 0.717) is 18.6 Å². The lowest BCUT2D eigenvalue weighted by atomic mass is 9.71. The highest BCUT2D eigenvalue weighted by molar-refractivity contribution is 5.81. The second-order valence-electron chi connectivity index (χ2n) is 7.93. The van der Waals surface area contributed by atoms with E-state index in [9.17, 15) is 4.79 Å². The van der Waals surface area contributed by atoms with Gasteiger partial charge in [0.25, 0.3) is 0 Å². The number of carbonyl (C=O) groups excluding carboxylic acids is 1. The molecule has 0 aromatic rings. The Balaban J connectivity index is 1.45. The van der Waals surface area contributed by atoms with E-state index in [-0.39, 0.29) is 5.97 Å². The maximum atomic E-state index is 10.9. The molecule has 2 fully saturated rings. The third-order valence-corrected chi connectivity index (χ3v) is 6.14. The largest absolute Gasteiger partial charge is 0.463 e. The minimum atomic E-state index is -0.331. The van der Waals surface area contributed by atoms with Crippen molar-refractivity contribution >= 4 is 5.97 Å². The van der Waals surface area contributed by atoms with Crippen LogP contribution < -0.4 is 0 Å². The van der Waals surface area contributed by atoms with Crippen LogP contribution in [0.2, 0.25) is 0 Å². The van der Waals surface area contributed by atoms with Gasteiger partial charge in [-0.2, -0.15) is 5.26 Å². The minimum Gasteiger partial charge on any atom is -0.463 e. The zero-order chi connectivity index (χ0) is 18.6. The van der Waals surface area contributed by atoms with Crippen molar-refractivity contribution in [1.29, 1.82) is 5.26 Å². The normalized spacial score (nSPS) is 28.9. The fraction of sp³-hybridized carbons (Fsp3) is 0.818. The first kappa shape index (κ1) is 21.0. The first-order chi connectivity index (χ1) is 12.7. The van der Waals surface area contributed by atoms with Gasteiger partial charge in [0, 0.05) is 18.6 Å². The van der Waals surface area contributed by atoms with Crippen molar-refractivity contribution < 1.29 is 14.3 Å². The molecule has 0 atom stereocenters. The molecule has 2 rings (SSSR count). The van der Waals surface area contributed by atoms with Gasteiger partial charge in [0.15, 0.2) is 0 Å². The van der Waals surface area contributed by atoms with Gasteiger partial charge in [-0.05, 0) is 82.5 Å². The zero-order valence-electron chi connectivity index (χ0n) is 16.2. The van der Waals surface area contributed by atoms with Crippen molar-refractivity contribution in [3.8, 4) is 6.07 Å². The number of ether oxygens (including phenoxy) is 2. The van der Waals surface area contributed by atoms with Gasteiger partial charge in [-0.25, -0.2) is 4.79 Å². The van der Waals surface area contributed by atoms with Gasteiger partial charge in [0.05, 0.1) is 18.8 Å². The van der Waals surface area contributed by atoms with Crippen molar-refractivity contribution in [3.05, 3.63) is 12.7 Å². The van der Waals surface area contributed by atoms with Crippen LogP contribution in [0.1, 0.15) is 77.0 Å². The molecular formula is C22H35NO3. The van der Waals surface area contributed by atoms with Crippen LogP contribution in [0.4, 0.5) is 0 Å². The average molecular weight is 362 g/mol. The summed E-state index contributed by atoms with van der Waals surface area (Å²) < 4.78 is 11.0. The molecule has 0 amide bonds. The standard InChI is InChI=1S/C22H35NO3/c1-2-22(24)26-16-6-4-3-5-15-25-21-13-11-20(12-14-21)19-9-7-18(17-23)8-10-19/h2,18-21H,1,3-16H2. The molecule has 0 N–H and O–H groups in total. The number of unbranched alkanes of at least 4 members (excludes halogenated alkanes) is 3. The molecule has 0 heterocycles. The van der Waals surface area contributed by atoms with Crippen molar-refractivity contribution in [1.82, 2.24) is 0 Å². The fourth-order valence-corrected chi connectivity index (χ4v) is 4.49. The molecule has 4 heteroatoms. The van der Waals surface area contributed by atoms with E-state index in [2.05, 4.69) is 12.6 Å². The lowest BCUT2D eigenvalue weighted by Gasteiger charge is -2.36. The maximum absolute atomic E-state index is 10.9. The third kappa shape index (κ3) is 7.50. The molecule has 4 nitrogen and oxygen atoms in total. The van der Waals surface area contributed by atoms with Crippen LogP contribution in [0.15, 0.2) is 12.7 Å². The van der Waals surface area contributed by atoms with Gasteiger partial charge >= 0.3 is 5.97 Å². The average Bonchev–Trinajstić information content (AvgIpc) is 2.70. The highest BCUT2D eigenvalue weighted by Gasteiger charge is 2.30. The summed E-state index contributed by atoms with van der Waals surface area (Å²) in [6, 6.07) is 2.44. The predicted molar refractivity (Wildman–Crippen MR) is 102 cm³/mol. The molecule has 2 aliphatic rings. The smallest absolute Gasteiger partial charge is 0.330 e. The molecule has 2 aliphatic carbocycles. The van der Waals surface area contributed by atoms with Crippen molar-refractivity contribution in [2.24, 2.45) is 17.8 Å². The second-order valence-corrected chi connectivity index (χ2v) is 7.93. The summed E-state index contributed by atoms with van der Waals surface area (Å²) in [5.41, 5.74) is 0. The number of nitrogens with zero attached hydrogens (tertiary/aromatic N) is 1. The Labute approximate surface area is 158 Å². The van der Waals surface area contributed by atoms with Crippen molar-refractivity contribution in [2.75, 3.05) is 13.2 Å². The van der Waals surface area contributed by atoms with Crippen LogP contribution in [0.5, 0.6) is 0 Å².